The lowest BCUT2D eigenvalue weighted by Gasteiger charge is -2.37. The lowest BCUT2D eigenvalue weighted by atomic mass is 9.66. The first-order valence-corrected chi connectivity index (χ1v) is 8.02. The van der Waals surface area contributed by atoms with Gasteiger partial charge in [-0.1, -0.05) is 56.1 Å². The SMILES string of the molecule is CC1CCC(C(C)(C)Cc2cccc(Cl)c2Cl)C(=O)C1. The van der Waals surface area contributed by atoms with Crippen LogP contribution in [-0.4, -0.2) is 5.78 Å². The molecule has 2 unspecified atom stereocenters. The van der Waals surface area contributed by atoms with Gasteiger partial charge in [-0.15, -0.1) is 0 Å². The predicted octanol–water partition coefficient (Wildman–Crippen LogP) is 5.57. The van der Waals surface area contributed by atoms with Crippen LogP contribution in [0.4, 0.5) is 0 Å². The topological polar surface area (TPSA) is 17.1 Å². The van der Waals surface area contributed by atoms with Gasteiger partial charge in [-0.2, -0.15) is 0 Å². The van der Waals surface area contributed by atoms with Crippen molar-refractivity contribution in [3.63, 3.8) is 0 Å². The van der Waals surface area contributed by atoms with Crippen LogP contribution in [0.25, 0.3) is 0 Å². The van der Waals surface area contributed by atoms with Crippen molar-refractivity contribution in [2.75, 3.05) is 0 Å². The van der Waals surface area contributed by atoms with Gasteiger partial charge in [0.2, 0.25) is 0 Å². The minimum absolute atomic E-state index is 0.0778. The van der Waals surface area contributed by atoms with Crippen LogP contribution >= 0.6 is 23.2 Å². The van der Waals surface area contributed by atoms with Crippen molar-refractivity contribution in [2.45, 2.75) is 46.5 Å². The molecule has 1 aromatic rings. The number of rotatable bonds is 3. The van der Waals surface area contributed by atoms with Crippen LogP contribution in [-0.2, 0) is 11.2 Å². The van der Waals surface area contributed by atoms with Gasteiger partial charge in [0.1, 0.15) is 5.78 Å². The first-order valence-electron chi connectivity index (χ1n) is 7.27. The molecule has 0 N–H and O–H groups in total. The summed E-state index contributed by atoms with van der Waals surface area (Å²) in [6, 6.07) is 5.73. The molecule has 2 rings (SSSR count). The third-order valence-corrected chi connectivity index (χ3v) is 5.37. The number of benzene rings is 1. The van der Waals surface area contributed by atoms with Crippen molar-refractivity contribution in [3.05, 3.63) is 33.8 Å². The van der Waals surface area contributed by atoms with Crippen LogP contribution in [0, 0.1) is 17.3 Å². The van der Waals surface area contributed by atoms with E-state index in [0.717, 1.165) is 31.2 Å². The molecule has 1 fully saturated rings. The minimum Gasteiger partial charge on any atom is -0.299 e. The highest BCUT2D eigenvalue weighted by molar-refractivity contribution is 6.42. The summed E-state index contributed by atoms with van der Waals surface area (Å²) in [5, 5.41) is 1.21. The van der Waals surface area contributed by atoms with Crippen molar-refractivity contribution in [3.8, 4) is 0 Å². The standard InChI is InChI=1S/C17H22Cl2O/c1-11-7-8-13(15(20)9-11)17(2,3)10-12-5-4-6-14(18)16(12)19/h4-6,11,13H,7-10H2,1-3H3. The highest BCUT2D eigenvalue weighted by Gasteiger charge is 2.38. The van der Waals surface area contributed by atoms with Crippen molar-refractivity contribution in [1.82, 2.24) is 0 Å². The largest absolute Gasteiger partial charge is 0.299 e. The highest BCUT2D eigenvalue weighted by Crippen LogP contribution is 2.41. The lowest BCUT2D eigenvalue weighted by molar-refractivity contribution is -0.129. The molecule has 1 aliphatic carbocycles. The van der Waals surface area contributed by atoms with Crippen LogP contribution in [0.15, 0.2) is 18.2 Å². The molecule has 0 bridgehead atoms. The molecule has 3 heteroatoms. The van der Waals surface area contributed by atoms with Gasteiger partial charge < -0.3 is 0 Å². The van der Waals surface area contributed by atoms with E-state index >= 15 is 0 Å². The highest BCUT2D eigenvalue weighted by atomic mass is 35.5. The molecule has 1 aromatic carbocycles. The number of carbonyl (C=O) groups is 1. The summed E-state index contributed by atoms with van der Waals surface area (Å²) in [4.78, 5) is 12.3. The second-order valence-corrected chi connectivity index (χ2v) is 7.57. The Labute approximate surface area is 131 Å². The maximum absolute atomic E-state index is 12.3. The summed E-state index contributed by atoms with van der Waals surface area (Å²) in [6.45, 7) is 6.50. The van der Waals surface area contributed by atoms with E-state index in [1.807, 2.05) is 12.1 Å². The van der Waals surface area contributed by atoms with Gasteiger partial charge in [0.25, 0.3) is 0 Å². The van der Waals surface area contributed by atoms with Crippen LogP contribution in [0.2, 0.25) is 10.0 Å². The van der Waals surface area contributed by atoms with E-state index in [1.54, 1.807) is 6.07 Å². The summed E-state index contributed by atoms with van der Waals surface area (Å²) in [5.41, 5.74) is 0.960. The summed E-state index contributed by atoms with van der Waals surface area (Å²) in [6.07, 6.45) is 3.64. The molecule has 0 spiro atoms. The Morgan fingerprint density at radius 2 is 1.95 bits per heavy atom. The van der Waals surface area contributed by atoms with Crippen LogP contribution in [0.1, 0.15) is 45.6 Å². The third kappa shape index (κ3) is 3.38. The quantitative estimate of drug-likeness (QED) is 0.713. The number of Topliss-reactive ketones (excluding diaryl/α,β-unsaturated/α-hetero) is 1. The van der Waals surface area contributed by atoms with Crippen molar-refractivity contribution < 1.29 is 4.79 Å². The van der Waals surface area contributed by atoms with Crippen molar-refractivity contribution in [2.24, 2.45) is 17.3 Å². The Hall–Kier alpha value is -0.530. The van der Waals surface area contributed by atoms with E-state index in [4.69, 9.17) is 23.2 Å². The van der Waals surface area contributed by atoms with E-state index in [9.17, 15) is 4.79 Å². The molecule has 0 aromatic heterocycles. The Kier molecular flexibility index (Phi) is 4.81. The Morgan fingerprint density at radius 3 is 2.60 bits per heavy atom. The van der Waals surface area contributed by atoms with Gasteiger partial charge in [0.05, 0.1) is 10.0 Å². The molecule has 0 heterocycles. The summed E-state index contributed by atoms with van der Waals surface area (Å²) in [5.74, 6) is 1.07. The predicted molar refractivity (Wildman–Crippen MR) is 85.5 cm³/mol. The first-order chi connectivity index (χ1) is 9.31. The molecule has 0 amide bonds. The number of hydrogen-bond donors (Lipinski definition) is 0. The normalized spacial score (nSPS) is 23.9. The number of hydrogen-bond acceptors (Lipinski definition) is 1. The first kappa shape index (κ1) is 15.9. The van der Waals surface area contributed by atoms with Crippen molar-refractivity contribution in [1.29, 1.82) is 0 Å². The molecule has 1 nitrogen and oxygen atoms in total. The molecule has 2 atom stereocenters. The Balaban J connectivity index is 2.18. The van der Waals surface area contributed by atoms with Gasteiger partial charge in [-0.25, -0.2) is 0 Å². The molecular weight excluding hydrogens is 291 g/mol. The van der Waals surface area contributed by atoms with Gasteiger partial charge in [-0.3, -0.25) is 4.79 Å². The van der Waals surface area contributed by atoms with Gasteiger partial charge >= 0.3 is 0 Å². The molecule has 110 valence electrons. The molecule has 0 radical (unpaired) electrons. The van der Waals surface area contributed by atoms with Crippen LogP contribution < -0.4 is 0 Å². The molecule has 1 saturated carbocycles. The monoisotopic (exact) mass is 312 g/mol. The number of halogens is 2. The zero-order chi connectivity index (χ0) is 14.9. The second kappa shape index (κ2) is 6.07. The molecule has 1 aliphatic rings. The second-order valence-electron chi connectivity index (χ2n) is 6.78. The molecule has 0 aliphatic heterocycles. The number of ketones is 1. The van der Waals surface area contributed by atoms with E-state index < -0.39 is 0 Å². The van der Waals surface area contributed by atoms with E-state index in [2.05, 4.69) is 20.8 Å². The zero-order valence-corrected chi connectivity index (χ0v) is 13.9. The van der Waals surface area contributed by atoms with E-state index in [0.29, 0.717) is 21.7 Å². The fourth-order valence-electron chi connectivity index (χ4n) is 3.33. The van der Waals surface area contributed by atoms with E-state index in [-0.39, 0.29) is 11.3 Å². The summed E-state index contributed by atoms with van der Waals surface area (Å²) >= 11 is 12.4. The van der Waals surface area contributed by atoms with E-state index in [1.165, 1.54) is 0 Å². The van der Waals surface area contributed by atoms with Gasteiger partial charge in [0, 0.05) is 12.3 Å². The Bertz CT molecular complexity index is 508. The summed E-state index contributed by atoms with van der Waals surface area (Å²) < 4.78 is 0. The Morgan fingerprint density at radius 1 is 1.25 bits per heavy atom. The average Bonchev–Trinajstić information content (AvgIpc) is 2.34. The fraction of sp³-hybridized carbons (Fsp3) is 0.588. The van der Waals surface area contributed by atoms with Gasteiger partial charge in [-0.05, 0) is 42.2 Å². The maximum atomic E-state index is 12.3. The van der Waals surface area contributed by atoms with Gasteiger partial charge in [0.15, 0.2) is 0 Å². The fourth-order valence-corrected chi connectivity index (χ4v) is 3.71. The lowest BCUT2D eigenvalue weighted by Crippen LogP contribution is -2.36. The van der Waals surface area contributed by atoms with Crippen LogP contribution in [0.5, 0.6) is 0 Å². The van der Waals surface area contributed by atoms with Crippen LogP contribution in [0.3, 0.4) is 0 Å². The molecular formula is C17H22Cl2O. The molecule has 0 saturated heterocycles. The average molecular weight is 313 g/mol. The van der Waals surface area contributed by atoms with Crippen molar-refractivity contribution >= 4 is 29.0 Å². The number of carbonyl (C=O) groups excluding carboxylic acids is 1. The smallest absolute Gasteiger partial charge is 0.136 e. The minimum atomic E-state index is -0.0778. The third-order valence-electron chi connectivity index (χ3n) is 4.51. The zero-order valence-electron chi connectivity index (χ0n) is 12.4. The molecule has 20 heavy (non-hydrogen) atoms. The summed E-state index contributed by atoms with van der Waals surface area (Å²) in [7, 11) is 0. The maximum Gasteiger partial charge on any atom is 0.136 e.